The molecule has 0 spiro atoms. The predicted molar refractivity (Wildman–Crippen MR) is 97.2 cm³/mol. The van der Waals surface area contributed by atoms with E-state index in [1.165, 1.54) is 48.5 Å². The van der Waals surface area contributed by atoms with Gasteiger partial charge in [0.05, 0.1) is 16.5 Å². The van der Waals surface area contributed by atoms with Crippen LogP contribution in [0, 0.1) is 0 Å². The normalized spacial score (nSPS) is 17.4. The average molecular weight is 404 g/mol. The molecule has 2 amide bonds. The molecule has 1 aliphatic heterocycles. The summed E-state index contributed by atoms with van der Waals surface area (Å²) in [7, 11) is -3.72. The summed E-state index contributed by atoms with van der Waals surface area (Å²) in [6, 6.07) is 11.5. The number of nitrogens with two attached hydrogens (primary N) is 1. The van der Waals surface area contributed by atoms with Crippen molar-refractivity contribution in [3.05, 3.63) is 48.5 Å². The van der Waals surface area contributed by atoms with Gasteiger partial charge in [0.2, 0.25) is 16.2 Å². The first-order chi connectivity index (χ1) is 13.2. The molecule has 3 rings (SSSR count). The highest BCUT2D eigenvalue weighted by molar-refractivity contribution is 7.91. The van der Waals surface area contributed by atoms with Crippen molar-refractivity contribution in [2.24, 2.45) is 0 Å². The van der Waals surface area contributed by atoms with Gasteiger partial charge in [-0.3, -0.25) is 19.3 Å². The molecule has 0 radical (unpaired) electrons. The van der Waals surface area contributed by atoms with Gasteiger partial charge in [0.15, 0.2) is 0 Å². The average Bonchev–Trinajstić information content (AvgIpc) is 2.67. The third kappa shape index (κ3) is 3.66. The second-order valence-corrected chi connectivity index (χ2v) is 7.83. The molecule has 1 aliphatic rings. The minimum Gasteiger partial charge on any atom is -0.399 e. The van der Waals surface area contributed by atoms with Crippen molar-refractivity contribution in [1.29, 1.82) is 0 Å². The van der Waals surface area contributed by atoms with Crippen LogP contribution in [0.1, 0.15) is 0 Å². The number of nitrogens with one attached hydrogen (secondary N) is 2. The van der Waals surface area contributed by atoms with E-state index in [0.717, 1.165) is 4.90 Å². The Labute approximate surface area is 159 Å². The Morgan fingerprint density at radius 3 is 2.11 bits per heavy atom. The molecule has 0 bridgehead atoms. The summed E-state index contributed by atoms with van der Waals surface area (Å²) in [5.74, 6) is -3.60. The first-order valence-corrected chi connectivity index (χ1v) is 9.47. The fraction of sp³-hybridized carbons (Fsp3) is 0.118. The lowest BCUT2D eigenvalue weighted by Crippen LogP contribution is -2.62. The van der Waals surface area contributed by atoms with E-state index in [1.54, 1.807) is 0 Å². The molecule has 0 saturated carbocycles. The number of sulfone groups is 1. The SMILES string of the molecule is Nc1ccc(S(=O)(=O)c2ccc(NCN3C(=O)C(=O)C(=O)NC3O)cc2)cc1. The van der Waals surface area contributed by atoms with E-state index in [9.17, 15) is 27.9 Å². The predicted octanol–water partition coefficient (Wildman–Crippen LogP) is -0.726. The number of carbonyl (C=O) groups excluding carboxylic acids is 3. The number of Topliss-reactive ketones (excluding diaryl/α,β-unsaturated/α-hetero) is 1. The van der Waals surface area contributed by atoms with Crippen LogP contribution in [0.2, 0.25) is 0 Å². The Morgan fingerprint density at radius 1 is 1.00 bits per heavy atom. The molecule has 0 aliphatic carbocycles. The van der Waals surface area contributed by atoms with Crippen LogP contribution in [0.25, 0.3) is 0 Å². The van der Waals surface area contributed by atoms with Gasteiger partial charge in [0, 0.05) is 11.4 Å². The van der Waals surface area contributed by atoms with Gasteiger partial charge in [-0.25, -0.2) is 8.42 Å². The van der Waals surface area contributed by atoms with Crippen molar-refractivity contribution in [3.63, 3.8) is 0 Å². The highest BCUT2D eigenvalue weighted by Gasteiger charge is 2.38. The molecule has 146 valence electrons. The molecule has 2 aromatic carbocycles. The van der Waals surface area contributed by atoms with Crippen molar-refractivity contribution in [2.75, 3.05) is 17.7 Å². The van der Waals surface area contributed by atoms with Crippen molar-refractivity contribution in [2.45, 2.75) is 16.1 Å². The van der Waals surface area contributed by atoms with Crippen LogP contribution in [0.3, 0.4) is 0 Å². The van der Waals surface area contributed by atoms with E-state index in [0.29, 0.717) is 11.4 Å². The number of nitrogen functional groups attached to an aromatic ring is 1. The Kier molecular flexibility index (Phi) is 5.03. The van der Waals surface area contributed by atoms with E-state index in [2.05, 4.69) is 5.32 Å². The van der Waals surface area contributed by atoms with Crippen molar-refractivity contribution < 1.29 is 27.9 Å². The number of hydrogen-bond acceptors (Lipinski definition) is 8. The number of ketones is 1. The minimum atomic E-state index is -3.72. The van der Waals surface area contributed by atoms with E-state index in [4.69, 9.17) is 5.73 Å². The number of benzene rings is 2. The molecule has 10 nitrogen and oxygen atoms in total. The van der Waals surface area contributed by atoms with Crippen LogP contribution in [0.15, 0.2) is 58.3 Å². The molecule has 11 heteroatoms. The summed E-state index contributed by atoms with van der Waals surface area (Å²) >= 11 is 0. The third-order valence-electron chi connectivity index (χ3n) is 4.03. The Hall–Kier alpha value is -3.44. The van der Waals surface area contributed by atoms with Crippen LogP contribution >= 0.6 is 0 Å². The summed E-state index contributed by atoms with van der Waals surface area (Å²) in [6.45, 7) is -0.282. The van der Waals surface area contributed by atoms with Crippen molar-refractivity contribution >= 4 is 38.8 Å². The van der Waals surface area contributed by atoms with Crippen LogP contribution in [-0.2, 0) is 24.2 Å². The molecule has 1 fully saturated rings. The van der Waals surface area contributed by atoms with Gasteiger partial charge >= 0.3 is 17.6 Å². The smallest absolute Gasteiger partial charge is 0.307 e. The van der Waals surface area contributed by atoms with E-state index >= 15 is 0 Å². The van der Waals surface area contributed by atoms with E-state index in [-0.39, 0.29) is 16.5 Å². The topological polar surface area (TPSA) is 159 Å². The number of carbonyl (C=O) groups is 3. The Balaban J connectivity index is 1.71. The fourth-order valence-electron chi connectivity index (χ4n) is 2.47. The van der Waals surface area contributed by atoms with Crippen LogP contribution in [0.4, 0.5) is 11.4 Å². The quantitative estimate of drug-likeness (QED) is 0.375. The Morgan fingerprint density at radius 2 is 1.54 bits per heavy atom. The van der Waals surface area contributed by atoms with Gasteiger partial charge in [0.1, 0.15) is 0 Å². The molecular formula is C17H16N4O6S. The second kappa shape index (κ2) is 7.29. The van der Waals surface area contributed by atoms with Gasteiger partial charge in [-0.05, 0) is 48.5 Å². The molecule has 28 heavy (non-hydrogen) atoms. The number of nitrogens with zero attached hydrogens (tertiary/aromatic N) is 1. The fourth-order valence-corrected chi connectivity index (χ4v) is 3.73. The number of anilines is 2. The highest BCUT2D eigenvalue weighted by Crippen LogP contribution is 2.23. The lowest BCUT2D eigenvalue weighted by Gasteiger charge is -2.31. The standard InChI is InChI=1S/C17H16N4O6S/c18-10-1-5-12(6-2-10)28(26,27)13-7-3-11(4-8-13)19-9-21-16(24)14(22)15(23)20-17(21)25/h1-8,17,19,25H,9,18H2,(H,20,23). The number of rotatable bonds is 5. The van der Waals surface area contributed by atoms with Crippen molar-refractivity contribution in [1.82, 2.24) is 10.2 Å². The van der Waals surface area contributed by atoms with Gasteiger partial charge in [-0.1, -0.05) is 0 Å². The van der Waals surface area contributed by atoms with E-state index in [1.807, 2.05) is 5.32 Å². The summed E-state index contributed by atoms with van der Waals surface area (Å²) < 4.78 is 25.2. The van der Waals surface area contributed by atoms with Gasteiger partial charge < -0.3 is 21.5 Å². The molecular weight excluding hydrogens is 388 g/mol. The number of aliphatic hydroxyl groups excluding tert-OH is 1. The summed E-state index contributed by atoms with van der Waals surface area (Å²) in [5, 5.41) is 14.4. The van der Waals surface area contributed by atoms with Gasteiger partial charge in [-0.2, -0.15) is 0 Å². The second-order valence-electron chi connectivity index (χ2n) is 5.88. The minimum absolute atomic E-state index is 0.0550. The number of amides is 2. The molecule has 5 N–H and O–H groups in total. The zero-order valence-electron chi connectivity index (χ0n) is 14.3. The monoisotopic (exact) mass is 404 g/mol. The van der Waals surface area contributed by atoms with Gasteiger partial charge in [-0.15, -0.1) is 0 Å². The largest absolute Gasteiger partial charge is 0.399 e. The Bertz CT molecular complexity index is 1030. The van der Waals surface area contributed by atoms with Crippen molar-refractivity contribution in [3.8, 4) is 0 Å². The zero-order valence-corrected chi connectivity index (χ0v) is 15.1. The maximum Gasteiger partial charge on any atom is 0.307 e. The molecule has 1 saturated heterocycles. The van der Waals surface area contributed by atoms with Crippen LogP contribution in [-0.4, -0.2) is 49.0 Å². The molecule has 1 heterocycles. The molecule has 0 aromatic heterocycles. The zero-order chi connectivity index (χ0) is 20.5. The van der Waals surface area contributed by atoms with Crippen LogP contribution in [0.5, 0.6) is 0 Å². The highest BCUT2D eigenvalue weighted by atomic mass is 32.2. The summed E-state index contributed by atoms with van der Waals surface area (Å²) in [5.41, 5.74) is 6.44. The lowest BCUT2D eigenvalue weighted by atomic mass is 10.2. The molecule has 1 unspecified atom stereocenters. The first-order valence-electron chi connectivity index (χ1n) is 7.98. The summed E-state index contributed by atoms with van der Waals surface area (Å²) in [6.07, 6.45) is -1.64. The maximum absolute atomic E-state index is 12.6. The number of aliphatic hydroxyl groups is 1. The van der Waals surface area contributed by atoms with Crippen LogP contribution < -0.4 is 16.4 Å². The van der Waals surface area contributed by atoms with Gasteiger partial charge in [0.25, 0.3) is 0 Å². The summed E-state index contributed by atoms with van der Waals surface area (Å²) in [4.78, 5) is 35.2. The maximum atomic E-state index is 12.6. The lowest BCUT2D eigenvalue weighted by molar-refractivity contribution is -0.165. The molecule has 2 aromatic rings. The first kappa shape index (κ1) is 19.3. The third-order valence-corrected chi connectivity index (χ3v) is 5.81. The van der Waals surface area contributed by atoms with E-state index < -0.39 is 33.8 Å². The number of hydrogen-bond donors (Lipinski definition) is 4. The molecule has 1 atom stereocenters.